The van der Waals surface area contributed by atoms with E-state index in [0.717, 1.165) is 40.5 Å². The minimum Gasteiger partial charge on any atom is -0.493 e. The topological polar surface area (TPSA) is 62.1 Å². The maximum atomic E-state index is 12.7. The third-order valence-corrected chi connectivity index (χ3v) is 5.01. The first kappa shape index (κ1) is 21.4. The van der Waals surface area contributed by atoms with Crippen molar-refractivity contribution in [2.45, 2.75) is 26.7 Å². The van der Waals surface area contributed by atoms with Crippen molar-refractivity contribution in [1.82, 2.24) is 0 Å². The number of unbranched alkanes of at least 4 members (excludes halogenated alkanes) is 1. The highest BCUT2D eigenvalue weighted by Gasteiger charge is 2.13. The molecule has 0 heterocycles. The lowest BCUT2D eigenvalue weighted by Gasteiger charge is -2.11. The van der Waals surface area contributed by atoms with E-state index in [2.05, 4.69) is 12.2 Å². The van der Waals surface area contributed by atoms with Crippen LogP contribution in [0.4, 0.5) is 5.69 Å². The Labute approximate surface area is 181 Å². The van der Waals surface area contributed by atoms with Crippen molar-refractivity contribution in [1.29, 1.82) is 5.26 Å². The fourth-order valence-corrected chi connectivity index (χ4v) is 3.36. The summed E-state index contributed by atoms with van der Waals surface area (Å²) in [6.07, 6.45) is 3.66. The van der Waals surface area contributed by atoms with E-state index in [9.17, 15) is 10.1 Å². The summed E-state index contributed by atoms with van der Waals surface area (Å²) in [5.74, 6) is 0.339. The maximum absolute atomic E-state index is 12.7. The lowest BCUT2D eigenvalue weighted by molar-refractivity contribution is -0.112. The van der Waals surface area contributed by atoms with E-state index in [0.29, 0.717) is 17.3 Å². The summed E-state index contributed by atoms with van der Waals surface area (Å²) in [7, 11) is 0. The molecule has 0 aliphatic heterocycles. The van der Waals surface area contributed by atoms with Gasteiger partial charge in [0.05, 0.1) is 6.61 Å². The second-order valence-corrected chi connectivity index (χ2v) is 7.42. The zero-order chi connectivity index (χ0) is 21.5. The molecule has 3 aromatic carbocycles. The number of halogens is 1. The van der Waals surface area contributed by atoms with E-state index >= 15 is 0 Å². The van der Waals surface area contributed by atoms with Gasteiger partial charge in [0.15, 0.2) is 0 Å². The highest BCUT2D eigenvalue weighted by Crippen LogP contribution is 2.30. The average molecular weight is 419 g/mol. The van der Waals surface area contributed by atoms with E-state index < -0.39 is 5.91 Å². The quantitative estimate of drug-likeness (QED) is 0.269. The summed E-state index contributed by atoms with van der Waals surface area (Å²) in [5, 5.41) is 14.9. The van der Waals surface area contributed by atoms with E-state index in [1.807, 2.05) is 49.4 Å². The Morgan fingerprint density at radius 3 is 2.63 bits per heavy atom. The van der Waals surface area contributed by atoms with Crippen molar-refractivity contribution in [3.05, 3.63) is 76.3 Å². The van der Waals surface area contributed by atoms with Crippen LogP contribution < -0.4 is 10.1 Å². The van der Waals surface area contributed by atoms with Crippen LogP contribution in [-0.2, 0) is 4.79 Å². The number of nitrogens with zero attached hydrogens (tertiary/aromatic N) is 1. The number of amides is 1. The van der Waals surface area contributed by atoms with Gasteiger partial charge in [-0.25, -0.2) is 0 Å². The van der Waals surface area contributed by atoms with Crippen LogP contribution in [0.3, 0.4) is 0 Å². The Kier molecular flexibility index (Phi) is 7.11. The van der Waals surface area contributed by atoms with Crippen molar-refractivity contribution in [3.63, 3.8) is 0 Å². The fraction of sp³-hybridized carbons (Fsp3) is 0.200. The molecule has 0 saturated heterocycles. The van der Waals surface area contributed by atoms with Gasteiger partial charge in [-0.2, -0.15) is 5.26 Å². The minimum absolute atomic E-state index is 0.0224. The molecule has 3 rings (SSSR count). The summed E-state index contributed by atoms with van der Waals surface area (Å²) in [4.78, 5) is 12.7. The molecule has 0 radical (unpaired) electrons. The lowest BCUT2D eigenvalue weighted by Crippen LogP contribution is -2.14. The molecule has 0 bridgehead atoms. The van der Waals surface area contributed by atoms with E-state index in [1.165, 1.54) is 0 Å². The largest absolute Gasteiger partial charge is 0.493 e. The molecular formula is C25H23ClN2O2. The lowest BCUT2D eigenvalue weighted by atomic mass is 10.0. The number of nitrogens with one attached hydrogen (secondary N) is 1. The molecule has 5 heteroatoms. The number of fused-ring (bicyclic) bond motifs is 1. The molecule has 1 amide bonds. The minimum atomic E-state index is -0.463. The molecule has 0 aliphatic rings. The first-order valence-corrected chi connectivity index (χ1v) is 10.2. The van der Waals surface area contributed by atoms with Crippen molar-refractivity contribution in [3.8, 4) is 11.8 Å². The Hall–Kier alpha value is -3.29. The first-order chi connectivity index (χ1) is 14.5. The predicted molar refractivity (Wildman–Crippen MR) is 123 cm³/mol. The zero-order valence-electron chi connectivity index (χ0n) is 17.0. The molecule has 152 valence electrons. The molecule has 0 atom stereocenters. The van der Waals surface area contributed by atoms with Crippen molar-refractivity contribution < 1.29 is 9.53 Å². The van der Waals surface area contributed by atoms with Crippen molar-refractivity contribution in [2.24, 2.45) is 0 Å². The van der Waals surface area contributed by atoms with E-state index in [-0.39, 0.29) is 5.57 Å². The van der Waals surface area contributed by atoms with Gasteiger partial charge in [-0.1, -0.05) is 55.3 Å². The molecule has 1 N–H and O–H groups in total. The van der Waals surface area contributed by atoms with E-state index in [1.54, 1.807) is 24.3 Å². The number of rotatable bonds is 7. The number of ether oxygens (including phenoxy) is 1. The smallest absolute Gasteiger partial charge is 0.266 e. The van der Waals surface area contributed by atoms with Gasteiger partial charge in [0.1, 0.15) is 17.4 Å². The van der Waals surface area contributed by atoms with Gasteiger partial charge < -0.3 is 10.1 Å². The van der Waals surface area contributed by atoms with Gasteiger partial charge >= 0.3 is 0 Å². The summed E-state index contributed by atoms with van der Waals surface area (Å²) in [6.45, 7) is 4.62. The second kappa shape index (κ2) is 9.96. The number of carbonyl (C=O) groups excluding carboxylic acids is 1. The normalized spacial score (nSPS) is 11.2. The summed E-state index contributed by atoms with van der Waals surface area (Å²) < 4.78 is 5.92. The molecule has 3 aromatic rings. The Bertz CT molecular complexity index is 1150. The molecule has 0 fully saturated rings. The van der Waals surface area contributed by atoms with Crippen LogP contribution in [-0.4, -0.2) is 12.5 Å². The summed E-state index contributed by atoms with van der Waals surface area (Å²) in [6, 6.07) is 18.8. The van der Waals surface area contributed by atoms with Crippen LogP contribution in [0.2, 0.25) is 5.02 Å². The van der Waals surface area contributed by atoms with Crippen LogP contribution in [0, 0.1) is 18.3 Å². The third-order valence-electron chi connectivity index (χ3n) is 4.77. The monoisotopic (exact) mass is 418 g/mol. The van der Waals surface area contributed by atoms with Gasteiger partial charge in [-0.05, 0) is 60.2 Å². The standard InChI is InChI=1S/C25H23ClN2O2/c1-3-4-13-30-24-12-9-18(21-7-5-6-8-22(21)24)15-19(16-27)25(29)28-23-11-10-20(26)14-17(23)2/h5-12,14-15H,3-4,13H2,1-2H3,(H,28,29)/b19-15+. The van der Waals surface area contributed by atoms with Gasteiger partial charge in [0.25, 0.3) is 5.91 Å². The number of hydrogen-bond donors (Lipinski definition) is 1. The van der Waals surface area contributed by atoms with Crippen LogP contribution in [0.15, 0.2) is 60.2 Å². The van der Waals surface area contributed by atoms with Crippen LogP contribution in [0.1, 0.15) is 30.9 Å². The summed E-state index contributed by atoms with van der Waals surface area (Å²) in [5.41, 5.74) is 2.25. The van der Waals surface area contributed by atoms with Crippen LogP contribution >= 0.6 is 11.6 Å². The molecule has 0 spiro atoms. The molecule has 0 unspecified atom stereocenters. The third kappa shape index (κ3) is 5.00. The Balaban J connectivity index is 1.92. The Morgan fingerprint density at radius 2 is 1.93 bits per heavy atom. The van der Waals surface area contributed by atoms with Crippen LogP contribution in [0.5, 0.6) is 5.75 Å². The molecule has 4 nitrogen and oxygen atoms in total. The average Bonchev–Trinajstić information content (AvgIpc) is 2.75. The second-order valence-electron chi connectivity index (χ2n) is 6.98. The maximum Gasteiger partial charge on any atom is 0.266 e. The van der Waals surface area contributed by atoms with Gasteiger partial charge in [-0.3, -0.25) is 4.79 Å². The zero-order valence-corrected chi connectivity index (χ0v) is 17.8. The van der Waals surface area contributed by atoms with E-state index in [4.69, 9.17) is 16.3 Å². The number of carbonyl (C=O) groups is 1. The fourth-order valence-electron chi connectivity index (χ4n) is 3.13. The number of hydrogen-bond acceptors (Lipinski definition) is 3. The number of aryl methyl sites for hydroxylation is 1. The SMILES string of the molecule is CCCCOc1ccc(/C=C(\C#N)C(=O)Nc2ccc(Cl)cc2C)c2ccccc12. The van der Waals surface area contributed by atoms with Crippen molar-refractivity contribution >= 4 is 40.0 Å². The number of nitriles is 1. The molecule has 0 saturated carbocycles. The highest BCUT2D eigenvalue weighted by molar-refractivity contribution is 6.30. The predicted octanol–water partition coefficient (Wildman–Crippen LogP) is 6.53. The Morgan fingerprint density at radius 1 is 1.17 bits per heavy atom. The molecule has 0 aliphatic carbocycles. The molecule has 30 heavy (non-hydrogen) atoms. The number of anilines is 1. The van der Waals surface area contributed by atoms with Gasteiger partial charge in [-0.15, -0.1) is 0 Å². The van der Waals surface area contributed by atoms with Gasteiger partial charge in [0, 0.05) is 16.1 Å². The molecular weight excluding hydrogens is 396 g/mol. The summed E-state index contributed by atoms with van der Waals surface area (Å²) >= 11 is 5.97. The highest BCUT2D eigenvalue weighted by atomic mass is 35.5. The first-order valence-electron chi connectivity index (χ1n) is 9.87. The molecule has 0 aromatic heterocycles. The van der Waals surface area contributed by atoms with Gasteiger partial charge in [0.2, 0.25) is 0 Å². The number of benzene rings is 3. The van der Waals surface area contributed by atoms with Crippen LogP contribution in [0.25, 0.3) is 16.8 Å². The van der Waals surface area contributed by atoms with Crippen molar-refractivity contribution in [2.75, 3.05) is 11.9 Å².